The van der Waals surface area contributed by atoms with Crippen LogP contribution in [0.1, 0.15) is 30.9 Å². The van der Waals surface area contributed by atoms with E-state index in [1.807, 2.05) is 0 Å². The second-order valence-corrected chi connectivity index (χ2v) is 5.31. The Morgan fingerprint density at radius 3 is 2.29 bits per heavy atom. The molecule has 1 aliphatic heterocycles. The van der Waals surface area contributed by atoms with E-state index in [9.17, 15) is 0 Å². The van der Waals surface area contributed by atoms with Crippen LogP contribution < -0.4 is 5.73 Å². The van der Waals surface area contributed by atoms with E-state index in [0.717, 1.165) is 25.4 Å². The summed E-state index contributed by atoms with van der Waals surface area (Å²) in [5.74, 6) is 0.915. The summed E-state index contributed by atoms with van der Waals surface area (Å²) in [5.41, 5.74) is 8.33. The van der Waals surface area contributed by atoms with E-state index >= 15 is 0 Å². The molecule has 17 heavy (non-hydrogen) atoms. The molecule has 1 aliphatic rings. The molecule has 2 rings (SSSR count). The number of nitrogens with zero attached hydrogens (tertiary/aromatic N) is 1. The van der Waals surface area contributed by atoms with Gasteiger partial charge in [-0.2, -0.15) is 0 Å². The highest BCUT2D eigenvalue weighted by Crippen LogP contribution is 2.18. The second-order valence-electron chi connectivity index (χ2n) is 5.31. The quantitative estimate of drug-likeness (QED) is 0.864. The fourth-order valence-corrected chi connectivity index (χ4v) is 2.46. The maximum Gasteiger partial charge on any atom is 0.0233 e. The molecule has 0 radical (unpaired) electrons. The van der Waals surface area contributed by atoms with Gasteiger partial charge in [0, 0.05) is 6.54 Å². The zero-order valence-corrected chi connectivity index (χ0v) is 10.9. The van der Waals surface area contributed by atoms with Crippen molar-refractivity contribution < 1.29 is 0 Å². The predicted molar refractivity (Wildman–Crippen MR) is 72.9 cm³/mol. The summed E-state index contributed by atoms with van der Waals surface area (Å²) in [6, 6.07) is 8.94. The number of piperidine rings is 1. The van der Waals surface area contributed by atoms with E-state index in [1.165, 1.54) is 37.1 Å². The smallest absolute Gasteiger partial charge is 0.0233 e. The lowest BCUT2D eigenvalue weighted by molar-refractivity contribution is 0.185. The second kappa shape index (κ2) is 6.18. The van der Waals surface area contributed by atoms with Crippen LogP contribution in [0.3, 0.4) is 0 Å². The largest absolute Gasteiger partial charge is 0.330 e. The van der Waals surface area contributed by atoms with E-state index < -0.39 is 0 Å². The summed E-state index contributed by atoms with van der Waals surface area (Å²) in [6.07, 6.45) is 3.69. The first kappa shape index (κ1) is 12.6. The van der Waals surface area contributed by atoms with Gasteiger partial charge in [0.25, 0.3) is 0 Å². The third kappa shape index (κ3) is 3.83. The molecule has 0 atom stereocenters. The zero-order chi connectivity index (χ0) is 12.1. The molecule has 1 aromatic carbocycles. The number of likely N-dealkylation sites (tertiary alicyclic amines) is 1. The molecule has 2 nitrogen and oxygen atoms in total. The average Bonchev–Trinajstić information content (AvgIpc) is 2.35. The van der Waals surface area contributed by atoms with Gasteiger partial charge in [-0.15, -0.1) is 0 Å². The molecule has 1 fully saturated rings. The monoisotopic (exact) mass is 232 g/mol. The number of benzene rings is 1. The molecule has 1 aromatic rings. The molecule has 0 bridgehead atoms. The predicted octanol–water partition coefficient (Wildman–Crippen LogP) is 2.42. The summed E-state index contributed by atoms with van der Waals surface area (Å²) in [4.78, 5) is 2.57. The van der Waals surface area contributed by atoms with Crippen molar-refractivity contribution in [1.82, 2.24) is 4.90 Å². The molecule has 0 unspecified atom stereocenters. The molecule has 0 aliphatic carbocycles. The fraction of sp³-hybridized carbons (Fsp3) is 0.600. The summed E-state index contributed by atoms with van der Waals surface area (Å²) >= 11 is 0. The standard InChI is InChI=1S/C15H24N2/c1-13-7-10-17(11-8-13)12-15-4-2-14(3-5-15)6-9-16/h2-5,13H,6-12,16H2,1H3. The first-order chi connectivity index (χ1) is 8.28. The molecular weight excluding hydrogens is 208 g/mol. The number of hydrogen-bond donors (Lipinski definition) is 1. The lowest BCUT2D eigenvalue weighted by Crippen LogP contribution is -2.32. The van der Waals surface area contributed by atoms with Gasteiger partial charge in [-0.05, 0) is 55.9 Å². The van der Waals surface area contributed by atoms with Gasteiger partial charge >= 0.3 is 0 Å². The number of hydrogen-bond acceptors (Lipinski definition) is 2. The van der Waals surface area contributed by atoms with Gasteiger partial charge < -0.3 is 5.73 Å². The minimum Gasteiger partial charge on any atom is -0.330 e. The molecule has 0 amide bonds. The highest BCUT2D eigenvalue weighted by atomic mass is 15.1. The molecule has 0 spiro atoms. The summed E-state index contributed by atoms with van der Waals surface area (Å²) in [7, 11) is 0. The Morgan fingerprint density at radius 2 is 1.71 bits per heavy atom. The molecule has 0 saturated carbocycles. The SMILES string of the molecule is CC1CCN(Cc2ccc(CCN)cc2)CC1. The Hall–Kier alpha value is -0.860. The van der Waals surface area contributed by atoms with E-state index in [0.29, 0.717) is 0 Å². The molecule has 1 heterocycles. The molecule has 1 saturated heterocycles. The van der Waals surface area contributed by atoms with Crippen LogP contribution in [0.2, 0.25) is 0 Å². The summed E-state index contributed by atoms with van der Waals surface area (Å²) in [5, 5.41) is 0. The first-order valence-corrected chi connectivity index (χ1v) is 6.78. The Balaban J connectivity index is 1.86. The molecular formula is C15H24N2. The summed E-state index contributed by atoms with van der Waals surface area (Å²) in [6.45, 7) is 6.72. The molecule has 94 valence electrons. The van der Waals surface area contributed by atoms with Gasteiger partial charge in [0.15, 0.2) is 0 Å². The minimum absolute atomic E-state index is 0.739. The van der Waals surface area contributed by atoms with E-state index in [2.05, 4.69) is 36.1 Å². The molecule has 2 N–H and O–H groups in total. The topological polar surface area (TPSA) is 29.3 Å². The zero-order valence-electron chi connectivity index (χ0n) is 10.9. The van der Waals surface area contributed by atoms with Crippen LogP contribution in [0.4, 0.5) is 0 Å². The van der Waals surface area contributed by atoms with Crippen LogP contribution in [0, 0.1) is 5.92 Å². The van der Waals surface area contributed by atoms with E-state index in [4.69, 9.17) is 5.73 Å². The Kier molecular flexibility index (Phi) is 4.57. The van der Waals surface area contributed by atoms with Gasteiger partial charge in [-0.25, -0.2) is 0 Å². The van der Waals surface area contributed by atoms with Crippen LogP contribution >= 0.6 is 0 Å². The molecule has 0 aromatic heterocycles. The van der Waals surface area contributed by atoms with Crippen LogP contribution in [0.25, 0.3) is 0 Å². The van der Waals surface area contributed by atoms with Crippen molar-refractivity contribution in [2.75, 3.05) is 19.6 Å². The van der Waals surface area contributed by atoms with Crippen molar-refractivity contribution in [3.63, 3.8) is 0 Å². The summed E-state index contributed by atoms with van der Waals surface area (Å²) < 4.78 is 0. The van der Waals surface area contributed by atoms with Gasteiger partial charge in [-0.3, -0.25) is 4.90 Å². The number of rotatable bonds is 4. The fourth-order valence-electron chi connectivity index (χ4n) is 2.46. The van der Waals surface area contributed by atoms with Crippen LogP contribution in [-0.2, 0) is 13.0 Å². The van der Waals surface area contributed by atoms with Gasteiger partial charge in [0.1, 0.15) is 0 Å². The van der Waals surface area contributed by atoms with Crippen molar-refractivity contribution in [3.8, 4) is 0 Å². The van der Waals surface area contributed by atoms with Gasteiger partial charge in [-0.1, -0.05) is 31.2 Å². The third-order valence-corrected chi connectivity index (χ3v) is 3.74. The van der Waals surface area contributed by atoms with Crippen molar-refractivity contribution in [1.29, 1.82) is 0 Å². The Labute approximate surface area is 105 Å². The highest BCUT2D eigenvalue weighted by molar-refractivity contribution is 5.22. The van der Waals surface area contributed by atoms with Crippen molar-refractivity contribution in [3.05, 3.63) is 35.4 Å². The lowest BCUT2D eigenvalue weighted by Gasteiger charge is -2.30. The van der Waals surface area contributed by atoms with E-state index in [-0.39, 0.29) is 0 Å². The third-order valence-electron chi connectivity index (χ3n) is 3.74. The van der Waals surface area contributed by atoms with Crippen molar-refractivity contribution in [2.24, 2.45) is 11.7 Å². The molecule has 2 heteroatoms. The maximum atomic E-state index is 5.55. The van der Waals surface area contributed by atoms with Crippen LogP contribution in [0.5, 0.6) is 0 Å². The van der Waals surface area contributed by atoms with Crippen molar-refractivity contribution in [2.45, 2.75) is 32.7 Å². The van der Waals surface area contributed by atoms with Crippen LogP contribution in [0.15, 0.2) is 24.3 Å². The average molecular weight is 232 g/mol. The van der Waals surface area contributed by atoms with Gasteiger partial charge in [0.2, 0.25) is 0 Å². The Bertz CT molecular complexity index is 323. The minimum atomic E-state index is 0.739. The first-order valence-electron chi connectivity index (χ1n) is 6.78. The maximum absolute atomic E-state index is 5.55. The van der Waals surface area contributed by atoms with Crippen molar-refractivity contribution >= 4 is 0 Å². The van der Waals surface area contributed by atoms with E-state index in [1.54, 1.807) is 0 Å². The number of nitrogens with two attached hydrogens (primary N) is 1. The van der Waals surface area contributed by atoms with Gasteiger partial charge in [0.05, 0.1) is 0 Å². The van der Waals surface area contributed by atoms with Crippen LogP contribution in [-0.4, -0.2) is 24.5 Å². The lowest BCUT2D eigenvalue weighted by atomic mass is 9.98. The Morgan fingerprint density at radius 1 is 1.12 bits per heavy atom. The highest BCUT2D eigenvalue weighted by Gasteiger charge is 2.15. The normalized spacial score (nSPS) is 18.5.